The van der Waals surface area contributed by atoms with E-state index in [1.807, 2.05) is 26.0 Å². The van der Waals surface area contributed by atoms with Crippen LogP contribution in [0.1, 0.15) is 19.6 Å². The first-order valence-electron chi connectivity index (χ1n) is 7.48. The Bertz CT molecular complexity index is 634. The molecule has 3 N–H and O–H groups in total. The number of rotatable bonds is 7. The van der Waals surface area contributed by atoms with E-state index in [-0.39, 0.29) is 24.3 Å². The van der Waals surface area contributed by atoms with Crippen molar-refractivity contribution >= 4 is 23.2 Å². The highest BCUT2D eigenvalue weighted by Gasteiger charge is 2.07. The molecule has 2 rings (SSSR count). The molecule has 0 saturated heterocycles. The van der Waals surface area contributed by atoms with Gasteiger partial charge in [-0.15, -0.1) is 0 Å². The SMILES string of the molecule is CC(C)C(=O)Nc1ccc(NCC(=O)NCc2ccco2)cc1. The quantitative estimate of drug-likeness (QED) is 0.733. The zero-order valence-electron chi connectivity index (χ0n) is 13.3. The fourth-order valence-electron chi connectivity index (χ4n) is 1.80. The fraction of sp³-hybridized carbons (Fsp3) is 0.294. The van der Waals surface area contributed by atoms with Crippen LogP contribution in [-0.2, 0) is 16.1 Å². The summed E-state index contributed by atoms with van der Waals surface area (Å²) in [7, 11) is 0. The van der Waals surface area contributed by atoms with E-state index in [1.165, 1.54) is 0 Å². The Morgan fingerprint density at radius 2 is 1.78 bits per heavy atom. The molecule has 0 aliphatic rings. The number of nitrogens with one attached hydrogen (secondary N) is 3. The van der Waals surface area contributed by atoms with Crippen LogP contribution in [-0.4, -0.2) is 18.4 Å². The number of hydrogen-bond donors (Lipinski definition) is 3. The summed E-state index contributed by atoms with van der Waals surface area (Å²) in [6.45, 7) is 4.21. The molecule has 0 unspecified atom stereocenters. The second-order valence-electron chi connectivity index (χ2n) is 5.43. The third-order valence-electron chi connectivity index (χ3n) is 3.17. The second kappa shape index (κ2) is 8.03. The van der Waals surface area contributed by atoms with Crippen LogP contribution in [0.4, 0.5) is 11.4 Å². The minimum Gasteiger partial charge on any atom is -0.467 e. The predicted octanol–water partition coefficient (Wildman–Crippen LogP) is 2.60. The lowest BCUT2D eigenvalue weighted by atomic mass is 10.2. The molecule has 122 valence electrons. The van der Waals surface area contributed by atoms with Crippen LogP contribution in [0.5, 0.6) is 0 Å². The van der Waals surface area contributed by atoms with E-state index >= 15 is 0 Å². The lowest BCUT2D eigenvalue weighted by Gasteiger charge is -2.10. The number of carbonyl (C=O) groups excluding carboxylic acids is 2. The van der Waals surface area contributed by atoms with E-state index in [9.17, 15) is 9.59 Å². The molecular formula is C17H21N3O3. The minimum absolute atomic E-state index is 0.0250. The Morgan fingerprint density at radius 3 is 2.39 bits per heavy atom. The Labute approximate surface area is 135 Å². The van der Waals surface area contributed by atoms with E-state index in [2.05, 4.69) is 16.0 Å². The second-order valence-corrected chi connectivity index (χ2v) is 5.43. The Balaban J connectivity index is 1.75. The molecule has 0 atom stereocenters. The van der Waals surface area contributed by atoms with E-state index in [0.717, 1.165) is 11.4 Å². The molecule has 0 aliphatic carbocycles. The highest BCUT2D eigenvalue weighted by molar-refractivity contribution is 5.92. The van der Waals surface area contributed by atoms with Gasteiger partial charge in [0, 0.05) is 17.3 Å². The average Bonchev–Trinajstić information content (AvgIpc) is 3.05. The number of amides is 2. The standard InChI is InChI=1S/C17H21N3O3/c1-12(2)17(22)20-14-7-5-13(6-8-14)18-11-16(21)19-10-15-4-3-9-23-15/h3-9,12,18H,10-11H2,1-2H3,(H,19,21)(H,20,22). The van der Waals surface area contributed by atoms with Gasteiger partial charge in [-0.3, -0.25) is 9.59 Å². The summed E-state index contributed by atoms with van der Waals surface area (Å²) in [5, 5.41) is 8.59. The molecule has 0 spiro atoms. The molecule has 2 aromatic rings. The van der Waals surface area contributed by atoms with Crippen molar-refractivity contribution in [2.45, 2.75) is 20.4 Å². The van der Waals surface area contributed by atoms with Gasteiger partial charge in [-0.25, -0.2) is 0 Å². The van der Waals surface area contributed by atoms with Crippen molar-refractivity contribution in [3.8, 4) is 0 Å². The largest absolute Gasteiger partial charge is 0.467 e. The average molecular weight is 315 g/mol. The van der Waals surface area contributed by atoms with E-state index in [1.54, 1.807) is 30.5 Å². The molecule has 0 radical (unpaired) electrons. The van der Waals surface area contributed by atoms with Crippen LogP contribution >= 0.6 is 0 Å². The van der Waals surface area contributed by atoms with Crippen molar-refractivity contribution in [3.05, 3.63) is 48.4 Å². The number of carbonyl (C=O) groups is 2. The van der Waals surface area contributed by atoms with Crippen molar-refractivity contribution in [1.29, 1.82) is 0 Å². The van der Waals surface area contributed by atoms with Gasteiger partial charge in [0.2, 0.25) is 11.8 Å². The van der Waals surface area contributed by atoms with Crippen molar-refractivity contribution in [1.82, 2.24) is 5.32 Å². The van der Waals surface area contributed by atoms with Crippen molar-refractivity contribution < 1.29 is 14.0 Å². The third kappa shape index (κ3) is 5.50. The zero-order chi connectivity index (χ0) is 16.7. The van der Waals surface area contributed by atoms with Gasteiger partial charge in [0.15, 0.2) is 0 Å². The van der Waals surface area contributed by atoms with Crippen molar-refractivity contribution in [2.75, 3.05) is 17.2 Å². The molecule has 0 aliphatic heterocycles. The number of anilines is 2. The highest BCUT2D eigenvalue weighted by atomic mass is 16.3. The van der Waals surface area contributed by atoms with Gasteiger partial charge in [-0.2, -0.15) is 0 Å². The van der Waals surface area contributed by atoms with Crippen LogP contribution in [0.2, 0.25) is 0 Å². The summed E-state index contributed by atoms with van der Waals surface area (Å²) in [5.74, 6) is 0.496. The van der Waals surface area contributed by atoms with Crippen LogP contribution < -0.4 is 16.0 Å². The predicted molar refractivity (Wildman–Crippen MR) is 89.0 cm³/mol. The molecular weight excluding hydrogens is 294 g/mol. The third-order valence-corrected chi connectivity index (χ3v) is 3.17. The van der Waals surface area contributed by atoms with Crippen molar-refractivity contribution in [2.24, 2.45) is 5.92 Å². The summed E-state index contributed by atoms with van der Waals surface area (Å²) in [6, 6.07) is 10.8. The number of benzene rings is 1. The summed E-state index contributed by atoms with van der Waals surface area (Å²) >= 11 is 0. The first kappa shape index (κ1) is 16.6. The summed E-state index contributed by atoms with van der Waals surface area (Å²) < 4.78 is 5.14. The molecule has 1 heterocycles. The summed E-state index contributed by atoms with van der Waals surface area (Å²) in [4.78, 5) is 23.3. The topological polar surface area (TPSA) is 83.4 Å². The maximum absolute atomic E-state index is 11.7. The molecule has 6 heteroatoms. The molecule has 0 saturated carbocycles. The van der Waals surface area contributed by atoms with Crippen LogP contribution in [0.15, 0.2) is 47.1 Å². The first-order chi connectivity index (χ1) is 11.0. The Hall–Kier alpha value is -2.76. The zero-order valence-corrected chi connectivity index (χ0v) is 13.3. The lowest BCUT2D eigenvalue weighted by molar-refractivity contribution is -0.120. The lowest BCUT2D eigenvalue weighted by Crippen LogP contribution is -2.29. The van der Waals surface area contributed by atoms with E-state index in [4.69, 9.17) is 4.42 Å². The molecule has 23 heavy (non-hydrogen) atoms. The summed E-state index contributed by atoms with van der Waals surface area (Å²) in [6.07, 6.45) is 1.57. The molecule has 2 amide bonds. The van der Waals surface area contributed by atoms with E-state index < -0.39 is 0 Å². The van der Waals surface area contributed by atoms with Gasteiger partial charge in [-0.1, -0.05) is 13.8 Å². The Kier molecular flexibility index (Phi) is 5.80. The first-order valence-corrected chi connectivity index (χ1v) is 7.48. The highest BCUT2D eigenvalue weighted by Crippen LogP contribution is 2.14. The maximum atomic E-state index is 11.7. The van der Waals surface area contributed by atoms with Crippen LogP contribution in [0.25, 0.3) is 0 Å². The monoisotopic (exact) mass is 315 g/mol. The van der Waals surface area contributed by atoms with Gasteiger partial charge in [0.05, 0.1) is 19.4 Å². The number of furan rings is 1. The normalized spacial score (nSPS) is 10.4. The fourth-order valence-corrected chi connectivity index (χ4v) is 1.80. The van der Waals surface area contributed by atoms with Gasteiger partial charge < -0.3 is 20.4 Å². The van der Waals surface area contributed by atoms with Gasteiger partial charge in [-0.05, 0) is 36.4 Å². The molecule has 0 bridgehead atoms. The Morgan fingerprint density at radius 1 is 1.09 bits per heavy atom. The van der Waals surface area contributed by atoms with Crippen LogP contribution in [0, 0.1) is 5.92 Å². The van der Waals surface area contributed by atoms with Gasteiger partial charge in [0.1, 0.15) is 5.76 Å². The molecule has 1 aromatic carbocycles. The smallest absolute Gasteiger partial charge is 0.239 e. The minimum atomic E-state index is -0.126. The van der Waals surface area contributed by atoms with E-state index in [0.29, 0.717) is 12.3 Å². The maximum Gasteiger partial charge on any atom is 0.239 e. The number of hydrogen-bond acceptors (Lipinski definition) is 4. The van der Waals surface area contributed by atoms with Crippen LogP contribution in [0.3, 0.4) is 0 Å². The van der Waals surface area contributed by atoms with Gasteiger partial charge in [0.25, 0.3) is 0 Å². The molecule has 0 fully saturated rings. The van der Waals surface area contributed by atoms with Crippen molar-refractivity contribution in [3.63, 3.8) is 0 Å². The molecule has 6 nitrogen and oxygen atoms in total. The summed E-state index contributed by atoms with van der Waals surface area (Å²) in [5.41, 5.74) is 1.54. The molecule has 1 aromatic heterocycles. The van der Waals surface area contributed by atoms with Gasteiger partial charge >= 0.3 is 0 Å².